The second-order valence-corrected chi connectivity index (χ2v) is 6.97. The van der Waals surface area contributed by atoms with Crippen molar-refractivity contribution in [1.29, 1.82) is 0 Å². The van der Waals surface area contributed by atoms with Gasteiger partial charge in [-0.1, -0.05) is 18.2 Å². The number of benzene rings is 2. The number of nitrogens with one attached hydrogen (secondary N) is 1. The smallest absolute Gasteiger partial charge is 0.251 e. The molecule has 1 N–H and O–H groups in total. The number of ether oxygens (including phenoxy) is 2. The standard InChI is InChI=1S/C22H25FN2O4/c1-28-19-8-7-16(13-20(19)29-2)22(27)24-17-9-11-25(12-10-17)21(26)14-15-5-3-4-6-18(15)23/h3-8,13,17H,9-12,14H2,1-2H3,(H,24,27). The molecule has 0 bridgehead atoms. The lowest BCUT2D eigenvalue weighted by Crippen LogP contribution is -2.47. The lowest BCUT2D eigenvalue weighted by Gasteiger charge is -2.32. The molecule has 0 unspecified atom stereocenters. The van der Waals surface area contributed by atoms with Crippen molar-refractivity contribution in [2.24, 2.45) is 0 Å². The van der Waals surface area contributed by atoms with Crippen LogP contribution in [0, 0.1) is 5.82 Å². The van der Waals surface area contributed by atoms with Gasteiger partial charge in [-0.15, -0.1) is 0 Å². The van der Waals surface area contributed by atoms with Crippen LogP contribution in [-0.2, 0) is 11.2 Å². The summed E-state index contributed by atoms with van der Waals surface area (Å²) in [5, 5.41) is 3.01. The van der Waals surface area contributed by atoms with Crippen molar-refractivity contribution in [3.63, 3.8) is 0 Å². The second-order valence-electron chi connectivity index (χ2n) is 6.97. The summed E-state index contributed by atoms with van der Waals surface area (Å²) in [4.78, 5) is 26.7. The highest BCUT2D eigenvalue weighted by molar-refractivity contribution is 5.95. The van der Waals surface area contributed by atoms with Gasteiger partial charge >= 0.3 is 0 Å². The van der Waals surface area contributed by atoms with Crippen molar-refractivity contribution in [3.05, 3.63) is 59.4 Å². The molecular weight excluding hydrogens is 375 g/mol. The van der Waals surface area contributed by atoms with Gasteiger partial charge in [0.15, 0.2) is 11.5 Å². The monoisotopic (exact) mass is 400 g/mol. The average molecular weight is 400 g/mol. The number of methoxy groups -OCH3 is 2. The van der Waals surface area contributed by atoms with Gasteiger partial charge in [-0.2, -0.15) is 0 Å². The largest absolute Gasteiger partial charge is 0.493 e. The number of piperidine rings is 1. The molecule has 2 aromatic carbocycles. The lowest BCUT2D eigenvalue weighted by molar-refractivity contribution is -0.131. The summed E-state index contributed by atoms with van der Waals surface area (Å²) in [6, 6.07) is 11.3. The van der Waals surface area contributed by atoms with Crippen LogP contribution >= 0.6 is 0 Å². The number of nitrogens with zero attached hydrogens (tertiary/aromatic N) is 1. The predicted octanol–water partition coefficient (Wildman–Crippen LogP) is 2.81. The van der Waals surface area contributed by atoms with Crippen molar-refractivity contribution in [2.45, 2.75) is 25.3 Å². The number of carbonyl (C=O) groups excluding carboxylic acids is 2. The van der Waals surface area contributed by atoms with Gasteiger partial charge in [-0.25, -0.2) is 4.39 Å². The molecule has 0 aromatic heterocycles. The van der Waals surface area contributed by atoms with Crippen molar-refractivity contribution in [1.82, 2.24) is 10.2 Å². The quantitative estimate of drug-likeness (QED) is 0.810. The zero-order valence-corrected chi connectivity index (χ0v) is 16.6. The van der Waals surface area contributed by atoms with E-state index in [-0.39, 0.29) is 30.1 Å². The molecule has 2 aromatic rings. The van der Waals surface area contributed by atoms with E-state index in [2.05, 4.69) is 5.32 Å². The normalized spacial score (nSPS) is 14.4. The fourth-order valence-corrected chi connectivity index (χ4v) is 3.44. The maximum Gasteiger partial charge on any atom is 0.251 e. The summed E-state index contributed by atoms with van der Waals surface area (Å²) in [5.74, 6) is 0.402. The summed E-state index contributed by atoms with van der Waals surface area (Å²) in [5.41, 5.74) is 0.891. The minimum Gasteiger partial charge on any atom is -0.493 e. The maximum absolute atomic E-state index is 13.8. The molecule has 0 radical (unpaired) electrons. The van der Waals surface area contributed by atoms with Crippen LogP contribution in [0.2, 0.25) is 0 Å². The summed E-state index contributed by atoms with van der Waals surface area (Å²) < 4.78 is 24.2. The van der Waals surface area contributed by atoms with Crippen LogP contribution in [0.15, 0.2) is 42.5 Å². The van der Waals surface area contributed by atoms with Gasteiger partial charge in [0.2, 0.25) is 5.91 Å². The Morgan fingerprint density at radius 1 is 1.07 bits per heavy atom. The van der Waals surface area contributed by atoms with E-state index in [9.17, 15) is 14.0 Å². The molecule has 1 saturated heterocycles. The average Bonchev–Trinajstić information content (AvgIpc) is 2.75. The number of hydrogen-bond donors (Lipinski definition) is 1. The Morgan fingerprint density at radius 2 is 1.76 bits per heavy atom. The molecule has 0 atom stereocenters. The third-order valence-electron chi connectivity index (χ3n) is 5.13. The highest BCUT2D eigenvalue weighted by Crippen LogP contribution is 2.27. The number of carbonyl (C=O) groups is 2. The van der Waals surface area contributed by atoms with Gasteiger partial charge in [0.25, 0.3) is 5.91 Å². The lowest BCUT2D eigenvalue weighted by atomic mass is 10.0. The number of amides is 2. The molecule has 1 aliphatic heterocycles. The first kappa shape index (κ1) is 20.6. The SMILES string of the molecule is COc1ccc(C(=O)NC2CCN(C(=O)Cc3ccccc3F)CC2)cc1OC. The Hall–Kier alpha value is -3.09. The minimum absolute atomic E-state index is 0.0203. The molecule has 1 fully saturated rings. The summed E-state index contributed by atoms with van der Waals surface area (Å²) >= 11 is 0. The molecule has 0 aliphatic carbocycles. The molecular formula is C22H25FN2O4. The van der Waals surface area contributed by atoms with Gasteiger partial charge in [-0.05, 0) is 42.7 Å². The van der Waals surface area contributed by atoms with Crippen LogP contribution in [0.3, 0.4) is 0 Å². The van der Waals surface area contributed by atoms with E-state index in [4.69, 9.17) is 9.47 Å². The van der Waals surface area contributed by atoms with Crippen LogP contribution in [0.1, 0.15) is 28.8 Å². The molecule has 3 rings (SSSR count). The van der Waals surface area contributed by atoms with Gasteiger partial charge in [0, 0.05) is 24.7 Å². The fourth-order valence-electron chi connectivity index (χ4n) is 3.44. The zero-order chi connectivity index (χ0) is 20.8. The molecule has 2 amide bonds. The predicted molar refractivity (Wildman–Crippen MR) is 107 cm³/mol. The van der Waals surface area contributed by atoms with E-state index >= 15 is 0 Å². The van der Waals surface area contributed by atoms with Crippen molar-refractivity contribution in [3.8, 4) is 11.5 Å². The van der Waals surface area contributed by atoms with Crippen LogP contribution in [0.4, 0.5) is 4.39 Å². The van der Waals surface area contributed by atoms with E-state index in [1.807, 2.05) is 0 Å². The van der Waals surface area contributed by atoms with E-state index < -0.39 is 0 Å². The molecule has 1 aliphatic rings. The number of rotatable bonds is 6. The highest BCUT2D eigenvalue weighted by atomic mass is 19.1. The summed E-state index contributed by atoms with van der Waals surface area (Å²) in [6.07, 6.45) is 1.36. The zero-order valence-electron chi connectivity index (χ0n) is 16.6. The maximum atomic E-state index is 13.8. The topological polar surface area (TPSA) is 67.9 Å². The molecule has 7 heteroatoms. The molecule has 154 valence electrons. The van der Waals surface area contributed by atoms with Crippen LogP contribution < -0.4 is 14.8 Å². The molecule has 29 heavy (non-hydrogen) atoms. The summed E-state index contributed by atoms with van der Waals surface area (Å²) in [7, 11) is 3.06. The van der Waals surface area contributed by atoms with E-state index in [0.717, 1.165) is 0 Å². The fraction of sp³-hybridized carbons (Fsp3) is 0.364. The molecule has 0 saturated carbocycles. The Kier molecular flexibility index (Phi) is 6.69. The van der Waals surface area contributed by atoms with Gasteiger partial charge in [-0.3, -0.25) is 9.59 Å². The number of likely N-dealkylation sites (tertiary alicyclic amines) is 1. The highest BCUT2D eigenvalue weighted by Gasteiger charge is 2.25. The van der Waals surface area contributed by atoms with Crippen LogP contribution in [-0.4, -0.2) is 50.1 Å². The molecule has 0 spiro atoms. The Balaban J connectivity index is 1.52. The first-order valence-corrected chi connectivity index (χ1v) is 9.56. The van der Waals surface area contributed by atoms with E-state index in [1.165, 1.54) is 13.2 Å². The van der Waals surface area contributed by atoms with Crippen LogP contribution in [0.5, 0.6) is 11.5 Å². The molecule has 6 nitrogen and oxygen atoms in total. The minimum atomic E-state index is -0.363. The Morgan fingerprint density at radius 3 is 2.41 bits per heavy atom. The van der Waals surface area contributed by atoms with Crippen molar-refractivity contribution < 1.29 is 23.5 Å². The van der Waals surface area contributed by atoms with Crippen molar-refractivity contribution in [2.75, 3.05) is 27.3 Å². The van der Waals surface area contributed by atoms with Gasteiger partial charge in [0.05, 0.1) is 20.6 Å². The van der Waals surface area contributed by atoms with Crippen LogP contribution in [0.25, 0.3) is 0 Å². The van der Waals surface area contributed by atoms with E-state index in [1.54, 1.807) is 48.4 Å². The Bertz CT molecular complexity index is 879. The van der Waals surface area contributed by atoms with Crippen molar-refractivity contribution >= 4 is 11.8 Å². The second kappa shape index (κ2) is 9.41. The first-order valence-electron chi connectivity index (χ1n) is 9.56. The molecule has 1 heterocycles. The first-order chi connectivity index (χ1) is 14.0. The summed E-state index contributed by atoms with van der Waals surface area (Å²) in [6.45, 7) is 1.06. The van der Waals surface area contributed by atoms with Gasteiger partial charge in [0.1, 0.15) is 5.82 Å². The number of hydrogen-bond acceptors (Lipinski definition) is 4. The third kappa shape index (κ3) is 5.04. The Labute approximate surface area is 169 Å². The third-order valence-corrected chi connectivity index (χ3v) is 5.13. The van der Waals surface area contributed by atoms with E-state index in [0.29, 0.717) is 48.6 Å². The number of halogens is 1. The van der Waals surface area contributed by atoms with Gasteiger partial charge < -0.3 is 19.7 Å².